The Morgan fingerprint density at radius 2 is 2.11 bits per heavy atom. The molecule has 4 N–H and O–H groups in total. The molecule has 1 heterocycles. The highest BCUT2D eigenvalue weighted by atomic mass is 32.1. The molecule has 0 atom stereocenters. The van der Waals surface area contributed by atoms with Gasteiger partial charge in [-0.05, 0) is 31.3 Å². The Kier molecular flexibility index (Phi) is 4.06. The summed E-state index contributed by atoms with van der Waals surface area (Å²) in [7, 11) is 0. The van der Waals surface area contributed by atoms with Crippen LogP contribution in [-0.2, 0) is 0 Å². The largest absolute Gasteiger partial charge is 0.382 e. The molecule has 5 nitrogen and oxygen atoms in total. The summed E-state index contributed by atoms with van der Waals surface area (Å²) in [5, 5.41) is 0.842. The van der Waals surface area contributed by atoms with Crippen molar-refractivity contribution in [2.45, 2.75) is 45.1 Å². The maximum atomic E-state index is 11.5. The number of rotatable bonds is 4. The van der Waals surface area contributed by atoms with Crippen molar-refractivity contribution in [3.8, 4) is 0 Å². The highest BCUT2D eigenvalue weighted by Gasteiger charge is 2.27. The Balaban J connectivity index is 2.29. The molecule has 0 aromatic carbocycles. The minimum absolute atomic E-state index is 0.261. The van der Waals surface area contributed by atoms with E-state index in [0.29, 0.717) is 11.6 Å². The number of amides is 1. The fourth-order valence-corrected chi connectivity index (χ4v) is 3.64. The average Bonchev–Trinajstić information content (AvgIpc) is 2.74. The Morgan fingerprint density at radius 3 is 2.67 bits per heavy atom. The molecule has 6 heteroatoms. The summed E-state index contributed by atoms with van der Waals surface area (Å²) in [5.41, 5.74) is 11.5. The van der Waals surface area contributed by atoms with Gasteiger partial charge in [-0.3, -0.25) is 4.79 Å². The third-order valence-electron chi connectivity index (χ3n) is 3.56. The van der Waals surface area contributed by atoms with E-state index in [2.05, 4.69) is 16.2 Å². The van der Waals surface area contributed by atoms with Gasteiger partial charge < -0.3 is 16.4 Å². The van der Waals surface area contributed by atoms with Gasteiger partial charge in [-0.15, -0.1) is 0 Å². The molecule has 1 fully saturated rings. The fourth-order valence-electron chi connectivity index (χ4n) is 2.68. The maximum absolute atomic E-state index is 11.5. The van der Waals surface area contributed by atoms with Gasteiger partial charge in [0.05, 0.1) is 0 Å². The second kappa shape index (κ2) is 5.56. The van der Waals surface area contributed by atoms with Crippen LogP contribution < -0.4 is 16.4 Å². The SMILES string of the molecule is CCN(c1snc(N)c1C(N)=O)C1CCCCC1. The number of aromatic nitrogens is 1. The normalized spacial score (nSPS) is 16.7. The number of hydrogen-bond donors (Lipinski definition) is 2. The van der Waals surface area contributed by atoms with E-state index in [-0.39, 0.29) is 5.82 Å². The van der Waals surface area contributed by atoms with Gasteiger partial charge in [0.15, 0.2) is 5.82 Å². The summed E-state index contributed by atoms with van der Waals surface area (Å²) in [6.45, 7) is 2.95. The van der Waals surface area contributed by atoms with Gasteiger partial charge in [-0.1, -0.05) is 19.3 Å². The van der Waals surface area contributed by atoms with E-state index in [1.165, 1.54) is 43.6 Å². The molecule has 2 rings (SSSR count). The van der Waals surface area contributed by atoms with E-state index in [1.807, 2.05) is 0 Å². The van der Waals surface area contributed by atoms with Gasteiger partial charge in [-0.25, -0.2) is 0 Å². The van der Waals surface area contributed by atoms with E-state index >= 15 is 0 Å². The first kappa shape index (κ1) is 13.1. The molecule has 0 saturated heterocycles. The molecule has 100 valence electrons. The van der Waals surface area contributed by atoms with Gasteiger partial charge in [0.25, 0.3) is 5.91 Å². The molecule has 0 spiro atoms. The second-order valence-electron chi connectivity index (χ2n) is 4.69. The van der Waals surface area contributed by atoms with Crippen LogP contribution in [0.25, 0.3) is 0 Å². The molecule has 0 bridgehead atoms. The van der Waals surface area contributed by atoms with Gasteiger partial charge in [0, 0.05) is 12.6 Å². The van der Waals surface area contributed by atoms with E-state index in [9.17, 15) is 4.79 Å². The first-order valence-corrected chi connectivity index (χ1v) is 7.24. The number of nitrogens with two attached hydrogens (primary N) is 2. The van der Waals surface area contributed by atoms with Gasteiger partial charge in [-0.2, -0.15) is 4.37 Å². The van der Waals surface area contributed by atoms with Crippen LogP contribution in [0.1, 0.15) is 49.4 Å². The number of carbonyl (C=O) groups is 1. The highest BCUT2D eigenvalue weighted by Crippen LogP contribution is 2.34. The maximum Gasteiger partial charge on any atom is 0.255 e. The zero-order chi connectivity index (χ0) is 13.1. The lowest BCUT2D eigenvalue weighted by molar-refractivity contribution is 0.100. The van der Waals surface area contributed by atoms with Crippen molar-refractivity contribution in [3.63, 3.8) is 0 Å². The summed E-state index contributed by atoms with van der Waals surface area (Å²) >= 11 is 1.28. The standard InChI is InChI=1S/C12H20N4OS/c1-2-16(8-6-4-3-5-7-8)12-9(11(14)17)10(13)15-18-12/h8H,2-7H2,1H3,(H2,13,15)(H2,14,17). The number of primary amides is 1. The van der Waals surface area contributed by atoms with Gasteiger partial charge in [0.1, 0.15) is 10.6 Å². The first-order chi connectivity index (χ1) is 8.65. The van der Waals surface area contributed by atoms with Crippen molar-refractivity contribution in [2.24, 2.45) is 5.73 Å². The topological polar surface area (TPSA) is 85.2 Å². The van der Waals surface area contributed by atoms with Crippen LogP contribution in [0.3, 0.4) is 0 Å². The van der Waals surface area contributed by atoms with Crippen LogP contribution in [0.4, 0.5) is 10.8 Å². The number of anilines is 2. The second-order valence-corrected chi connectivity index (χ2v) is 5.44. The van der Waals surface area contributed by atoms with Gasteiger partial charge >= 0.3 is 0 Å². The summed E-state index contributed by atoms with van der Waals surface area (Å²) in [5.74, 6) is -0.220. The van der Waals surface area contributed by atoms with Crippen LogP contribution in [0.15, 0.2) is 0 Å². The Morgan fingerprint density at radius 1 is 1.44 bits per heavy atom. The van der Waals surface area contributed by atoms with Gasteiger partial charge in [0.2, 0.25) is 0 Å². The average molecular weight is 268 g/mol. The smallest absolute Gasteiger partial charge is 0.255 e. The lowest BCUT2D eigenvalue weighted by Gasteiger charge is -2.34. The zero-order valence-corrected chi connectivity index (χ0v) is 11.5. The van der Waals surface area contributed by atoms with Crippen LogP contribution in [0.2, 0.25) is 0 Å². The number of carbonyl (C=O) groups excluding carboxylic acids is 1. The minimum atomic E-state index is -0.481. The van der Waals surface area contributed by atoms with Crippen molar-refractivity contribution in [1.29, 1.82) is 0 Å². The minimum Gasteiger partial charge on any atom is -0.382 e. The Hall–Kier alpha value is -1.30. The van der Waals surface area contributed by atoms with E-state index in [0.717, 1.165) is 11.5 Å². The van der Waals surface area contributed by atoms with Crippen molar-refractivity contribution < 1.29 is 4.79 Å². The third-order valence-corrected chi connectivity index (χ3v) is 4.46. The lowest BCUT2D eigenvalue weighted by Crippen LogP contribution is -2.37. The molecule has 0 unspecified atom stereocenters. The molecule has 1 amide bonds. The van der Waals surface area contributed by atoms with Crippen molar-refractivity contribution >= 4 is 28.3 Å². The van der Waals surface area contributed by atoms with E-state index in [4.69, 9.17) is 11.5 Å². The molecule has 0 radical (unpaired) electrons. The summed E-state index contributed by atoms with van der Waals surface area (Å²) in [4.78, 5) is 13.7. The quantitative estimate of drug-likeness (QED) is 0.874. The highest BCUT2D eigenvalue weighted by molar-refractivity contribution is 7.11. The molecule has 1 aromatic heterocycles. The molecule has 1 aliphatic rings. The zero-order valence-electron chi connectivity index (χ0n) is 10.7. The van der Waals surface area contributed by atoms with Crippen LogP contribution in [0.5, 0.6) is 0 Å². The molecular weight excluding hydrogens is 248 g/mol. The monoisotopic (exact) mass is 268 g/mol. The number of nitrogen functional groups attached to an aromatic ring is 1. The van der Waals surface area contributed by atoms with Crippen LogP contribution in [-0.4, -0.2) is 22.9 Å². The Labute approximate surface area is 111 Å². The van der Waals surface area contributed by atoms with Crippen molar-refractivity contribution in [2.75, 3.05) is 17.2 Å². The molecule has 1 aromatic rings. The number of hydrogen-bond acceptors (Lipinski definition) is 5. The van der Waals surface area contributed by atoms with Crippen LogP contribution in [0, 0.1) is 0 Å². The predicted octanol–water partition coefficient (Wildman–Crippen LogP) is 1.98. The molecular formula is C12H20N4OS. The summed E-state index contributed by atoms with van der Waals surface area (Å²) in [6, 6.07) is 0.488. The summed E-state index contributed by atoms with van der Waals surface area (Å²) < 4.78 is 4.08. The first-order valence-electron chi connectivity index (χ1n) is 6.46. The molecule has 0 aliphatic heterocycles. The Bertz CT molecular complexity index is 426. The molecule has 1 saturated carbocycles. The lowest BCUT2D eigenvalue weighted by atomic mass is 9.94. The van der Waals surface area contributed by atoms with E-state index in [1.54, 1.807) is 0 Å². The van der Waals surface area contributed by atoms with E-state index < -0.39 is 5.91 Å². The fraction of sp³-hybridized carbons (Fsp3) is 0.667. The third kappa shape index (κ3) is 2.43. The van der Waals surface area contributed by atoms with Crippen LogP contribution >= 0.6 is 11.5 Å². The molecule has 1 aliphatic carbocycles. The predicted molar refractivity (Wildman–Crippen MR) is 74.9 cm³/mol. The summed E-state index contributed by atoms with van der Waals surface area (Å²) in [6.07, 6.45) is 6.15. The number of nitrogens with zero attached hydrogens (tertiary/aromatic N) is 2. The van der Waals surface area contributed by atoms with Crippen molar-refractivity contribution in [1.82, 2.24) is 4.37 Å². The van der Waals surface area contributed by atoms with Crippen molar-refractivity contribution in [3.05, 3.63) is 5.56 Å². The molecule has 18 heavy (non-hydrogen) atoms.